The predicted molar refractivity (Wildman–Crippen MR) is 110 cm³/mol. The number of hydrogen-bond acceptors (Lipinski definition) is 5. The maximum Gasteiger partial charge on any atom is 0.227 e. The van der Waals surface area contributed by atoms with Crippen molar-refractivity contribution in [2.45, 2.75) is 64.0 Å². The molecule has 4 rings (SSSR count). The molecular weight excluding hydrogens is 395 g/mol. The lowest BCUT2D eigenvalue weighted by atomic mass is 9.67. The van der Waals surface area contributed by atoms with Crippen LogP contribution in [0.1, 0.15) is 50.0 Å². The summed E-state index contributed by atoms with van der Waals surface area (Å²) in [7, 11) is 0. The number of nitrogens with two attached hydrogens (primary N) is 1. The van der Waals surface area contributed by atoms with Crippen molar-refractivity contribution >= 4 is 18.3 Å². The first-order valence-corrected chi connectivity index (χ1v) is 10.1. The molecule has 1 aromatic heterocycles. The van der Waals surface area contributed by atoms with E-state index in [0.717, 1.165) is 25.7 Å². The summed E-state index contributed by atoms with van der Waals surface area (Å²) in [6, 6.07) is 5.22. The van der Waals surface area contributed by atoms with Crippen LogP contribution in [-0.4, -0.2) is 28.1 Å². The van der Waals surface area contributed by atoms with Gasteiger partial charge in [-0.2, -0.15) is 4.98 Å². The molecule has 0 saturated heterocycles. The maximum absolute atomic E-state index is 13.4. The largest absolute Gasteiger partial charge is 0.353 e. The van der Waals surface area contributed by atoms with Gasteiger partial charge in [0.1, 0.15) is 5.82 Å². The second-order valence-electron chi connectivity index (χ2n) is 8.25. The van der Waals surface area contributed by atoms with E-state index in [1.165, 1.54) is 12.5 Å². The van der Waals surface area contributed by atoms with Crippen molar-refractivity contribution in [2.75, 3.05) is 0 Å². The number of rotatable bonds is 5. The first-order chi connectivity index (χ1) is 13.5. The Kier molecular flexibility index (Phi) is 6.90. The zero-order valence-corrected chi connectivity index (χ0v) is 17.4. The van der Waals surface area contributed by atoms with Crippen LogP contribution >= 0.6 is 12.4 Å². The summed E-state index contributed by atoms with van der Waals surface area (Å²) in [5.41, 5.74) is 7.39. The minimum absolute atomic E-state index is 0. The Morgan fingerprint density at radius 2 is 2.03 bits per heavy atom. The molecule has 6 nitrogen and oxygen atoms in total. The molecule has 0 aliphatic heterocycles. The fourth-order valence-electron chi connectivity index (χ4n) is 4.76. The molecule has 29 heavy (non-hydrogen) atoms. The molecular formula is C21H28ClFN4O2. The number of fused-ring (bicyclic) bond motifs is 2. The lowest BCUT2D eigenvalue weighted by molar-refractivity contribution is -0.123. The third kappa shape index (κ3) is 4.95. The predicted octanol–water partition coefficient (Wildman–Crippen LogP) is 3.56. The monoisotopic (exact) mass is 422 g/mol. The SMILES string of the molecule is Cc1cc(-c2noc(CCC(=O)NC3C4CCCC3CC(N)C4)n2)ccc1F.Cl. The van der Waals surface area contributed by atoms with Crippen molar-refractivity contribution in [1.82, 2.24) is 15.5 Å². The van der Waals surface area contributed by atoms with Crippen LogP contribution in [0.4, 0.5) is 4.39 Å². The Labute approximate surface area is 176 Å². The number of nitrogens with zero attached hydrogens (tertiary/aromatic N) is 2. The highest BCUT2D eigenvalue weighted by atomic mass is 35.5. The van der Waals surface area contributed by atoms with Crippen molar-refractivity contribution in [2.24, 2.45) is 17.6 Å². The summed E-state index contributed by atoms with van der Waals surface area (Å²) in [6.07, 6.45) is 6.25. The van der Waals surface area contributed by atoms with Gasteiger partial charge in [-0.1, -0.05) is 11.6 Å². The molecule has 0 spiro atoms. The van der Waals surface area contributed by atoms with Crippen LogP contribution in [0, 0.1) is 24.6 Å². The van der Waals surface area contributed by atoms with E-state index >= 15 is 0 Å². The molecule has 0 radical (unpaired) electrons. The molecule has 158 valence electrons. The van der Waals surface area contributed by atoms with Crippen LogP contribution in [0.3, 0.4) is 0 Å². The highest BCUT2D eigenvalue weighted by molar-refractivity contribution is 5.85. The van der Waals surface area contributed by atoms with Crippen molar-refractivity contribution in [3.8, 4) is 11.4 Å². The quantitative estimate of drug-likeness (QED) is 0.768. The second kappa shape index (κ2) is 9.22. The highest BCUT2D eigenvalue weighted by Gasteiger charge is 2.39. The van der Waals surface area contributed by atoms with E-state index in [-0.39, 0.29) is 36.2 Å². The fraction of sp³-hybridized carbons (Fsp3) is 0.571. The van der Waals surface area contributed by atoms with Crippen LogP contribution in [0.25, 0.3) is 11.4 Å². The smallest absolute Gasteiger partial charge is 0.227 e. The summed E-state index contributed by atoms with van der Waals surface area (Å²) < 4.78 is 18.7. The Hall–Kier alpha value is -1.99. The minimum Gasteiger partial charge on any atom is -0.353 e. The lowest BCUT2D eigenvalue weighted by Gasteiger charge is -2.45. The number of aromatic nitrogens is 2. The van der Waals surface area contributed by atoms with Gasteiger partial charge in [-0.05, 0) is 68.2 Å². The van der Waals surface area contributed by atoms with Crippen LogP contribution in [0.2, 0.25) is 0 Å². The van der Waals surface area contributed by atoms with Crippen molar-refractivity contribution in [1.29, 1.82) is 0 Å². The van der Waals surface area contributed by atoms with Crippen molar-refractivity contribution in [3.05, 3.63) is 35.5 Å². The zero-order chi connectivity index (χ0) is 19.7. The second-order valence-corrected chi connectivity index (χ2v) is 8.25. The Morgan fingerprint density at radius 3 is 2.72 bits per heavy atom. The molecule has 2 fully saturated rings. The number of benzene rings is 1. The molecule has 2 aromatic rings. The summed E-state index contributed by atoms with van der Waals surface area (Å²) in [6.45, 7) is 1.69. The summed E-state index contributed by atoms with van der Waals surface area (Å²) in [5, 5.41) is 7.19. The first kappa shape index (κ1) is 21.7. The molecule has 3 N–H and O–H groups in total. The molecule has 8 heteroatoms. The van der Waals surface area contributed by atoms with E-state index in [0.29, 0.717) is 47.5 Å². The first-order valence-electron chi connectivity index (χ1n) is 10.1. The van der Waals surface area contributed by atoms with E-state index in [9.17, 15) is 9.18 Å². The van der Waals surface area contributed by atoms with Crippen LogP contribution in [-0.2, 0) is 11.2 Å². The number of aryl methyl sites for hydroxylation is 2. The van der Waals surface area contributed by atoms with Gasteiger partial charge >= 0.3 is 0 Å². The molecule has 1 amide bonds. The molecule has 2 unspecified atom stereocenters. The zero-order valence-electron chi connectivity index (χ0n) is 16.6. The Morgan fingerprint density at radius 1 is 1.31 bits per heavy atom. The number of carbonyl (C=O) groups is 1. The van der Waals surface area contributed by atoms with Gasteiger partial charge in [0.15, 0.2) is 0 Å². The highest BCUT2D eigenvalue weighted by Crippen LogP contribution is 2.39. The van der Waals surface area contributed by atoms with Crippen LogP contribution in [0.15, 0.2) is 22.7 Å². The molecule has 2 saturated carbocycles. The summed E-state index contributed by atoms with van der Waals surface area (Å²) >= 11 is 0. The third-order valence-electron chi connectivity index (χ3n) is 6.15. The van der Waals surface area contributed by atoms with E-state index in [2.05, 4.69) is 15.5 Å². The van der Waals surface area contributed by atoms with Crippen LogP contribution < -0.4 is 11.1 Å². The van der Waals surface area contributed by atoms with Gasteiger partial charge in [-0.15, -0.1) is 12.4 Å². The van der Waals surface area contributed by atoms with Gasteiger partial charge in [0.25, 0.3) is 0 Å². The topological polar surface area (TPSA) is 94.0 Å². The van der Waals surface area contributed by atoms with Gasteiger partial charge in [0.2, 0.25) is 17.6 Å². The van der Waals surface area contributed by atoms with E-state index in [1.807, 2.05) is 0 Å². The van der Waals surface area contributed by atoms with E-state index in [4.69, 9.17) is 10.3 Å². The van der Waals surface area contributed by atoms with E-state index < -0.39 is 0 Å². The van der Waals surface area contributed by atoms with Crippen molar-refractivity contribution < 1.29 is 13.7 Å². The number of amides is 1. The van der Waals surface area contributed by atoms with Gasteiger partial charge in [0.05, 0.1) is 0 Å². The molecule has 1 heterocycles. The van der Waals surface area contributed by atoms with Gasteiger partial charge in [-0.3, -0.25) is 4.79 Å². The Bertz CT molecular complexity index is 845. The standard InChI is InChI=1S/C21H27FN4O2.ClH/c1-12-9-15(5-6-17(12)22)21-25-19(28-26-21)8-7-18(27)24-20-13-3-2-4-14(20)11-16(23)10-13;/h5-6,9,13-14,16,20H,2-4,7-8,10-11,23H2,1H3,(H,24,27);1H. The average molecular weight is 423 g/mol. The maximum atomic E-state index is 13.4. The average Bonchev–Trinajstić information content (AvgIpc) is 3.12. The fourth-order valence-corrected chi connectivity index (χ4v) is 4.76. The van der Waals surface area contributed by atoms with Gasteiger partial charge < -0.3 is 15.6 Å². The number of carbonyl (C=O) groups excluding carboxylic acids is 1. The molecule has 2 aliphatic carbocycles. The van der Waals surface area contributed by atoms with Gasteiger partial charge in [0, 0.05) is 30.5 Å². The molecule has 1 aromatic carbocycles. The number of halogens is 2. The molecule has 2 bridgehead atoms. The van der Waals surface area contributed by atoms with Gasteiger partial charge in [-0.25, -0.2) is 4.39 Å². The lowest BCUT2D eigenvalue weighted by Crippen LogP contribution is -2.53. The molecule has 2 atom stereocenters. The number of nitrogens with one attached hydrogen (secondary N) is 1. The van der Waals surface area contributed by atoms with Crippen molar-refractivity contribution in [3.63, 3.8) is 0 Å². The minimum atomic E-state index is -0.266. The third-order valence-corrected chi connectivity index (χ3v) is 6.15. The van der Waals surface area contributed by atoms with E-state index in [1.54, 1.807) is 19.1 Å². The van der Waals surface area contributed by atoms with Crippen LogP contribution in [0.5, 0.6) is 0 Å². The normalized spacial score (nSPS) is 25.9. The Balaban J connectivity index is 0.00000240. The summed E-state index contributed by atoms with van der Waals surface area (Å²) in [5.74, 6) is 1.59. The molecule has 2 aliphatic rings. The summed E-state index contributed by atoms with van der Waals surface area (Å²) in [4.78, 5) is 16.8. The number of hydrogen-bond donors (Lipinski definition) is 2.